The molecule has 0 radical (unpaired) electrons. The Labute approximate surface area is 103 Å². The van der Waals surface area contributed by atoms with Crippen LogP contribution in [-0.4, -0.2) is 23.1 Å². The van der Waals surface area contributed by atoms with Crippen molar-refractivity contribution in [3.05, 3.63) is 41.0 Å². The minimum Gasteiger partial charge on any atom is -0.480 e. The van der Waals surface area contributed by atoms with Crippen molar-refractivity contribution < 1.29 is 9.90 Å². The van der Waals surface area contributed by atoms with Gasteiger partial charge in [-0.25, -0.2) is 0 Å². The third-order valence-electron chi connectivity index (χ3n) is 2.59. The van der Waals surface area contributed by atoms with Gasteiger partial charge < -0.3 is 10.4 Å². The maximum absolute atomic E-state index is 11.1. The molecule has 1 heterocycles. The number of benzene rings is 1. The summed E-state index contributed by atoms with van der Waals surface area (Å²) in [5, 5.41) is 13.2. The number of aromatic nitrogens is 1. The highest BCUT2D eigenvalue weighted by atomic mass is 35.5. The summed E-state index contributed by atoms with van der Waals surface area (Å²) in [7, 11) is 1.60. The number of hydrogen-bond donors (Lipinski definition) is 2. The first-order chi connectivity index (χ1) is 8.15. The quantitative estimate of drug-likeness (QED) is 0.877. The molecule has 0 aliphatic carbocycles. The highest BCUT2D eigenvalue weighted by Gasteiger charge is 2.20. The number of pyridine rings is 1. The first-order valence-corrected chi connectivity index (χ1v) is 5.46. The van der Waals surface area contributed by atoms with Gasteiger partial charge in [0.1, 0.15) is 6.04 Å². The molecule has 0 fully saturated rings. The Hall–Kier alpha value is -1.65. The number of fused-ring (bicyclic) bond motifs is 1. The molecule has 2 rings (SSSR count). The molecule has 0 amide bonds. The second kappa shape index (κ2) is 4.69. The van der Waals surface area contributed by atoms with E-state index in [9.17, 15) is 4.79 Å². The predicted octanol–water partition coefficient (Wildman–Crippen LogP) is 2.23. The minimum absolute atomic E-state index is 0.567. The van der Waals surface area contributed by atoms with Crippen molar-refractivity contribution in [3.8, 4) is 0 Å². The number of halogens is 1. The molecule has 1 unspecified atom stereocenters. The molecule has 0 spiro atoms. The van der Waals surface area contributed by atoms with Gasteiger partial charge >= 0.3 is 5.97 Å². The summed E-state index contributed by atoms with van der Waals surface area (Å²) < 4.78 is 0. The normalized spacial score (nSPS) is 12.6. The lowest BCUT2D eigenvalue weighted by Gasteiger charge is -2.14. The first-order valence-electron chi connectivity index (χ1n) is 5.08. The Balaban J connectivity index is 2.70. The lowest BCUT2D eigenvalue weighted by molar-refractivity contribution is -0.139. The van der Waals surface area contributed by atoms with Crippen LogP contribution in [0.5, 0.6) is 0 Å². The Morgan fingerprint density at radius 1 is 1.47 bits per heavy atom. The largest absolute Gasteiger partial charge is 0.480 e. The summed E-state index contributed by atoms with van der Waals surface area (Å²) in [5.41, 5.74) is 1.22. The van der Waals surface area contributed by atoms with Crippen LogP contribution in [0.2, 0.25) is 5.02 Å². The van der Waals surface area contributed by atoms with E-state index in [2.05, 4.69) is 10.3 Å². The molecule has 88 valence electrons. The van der Waals surface area contributed by atoms with Crippen LogP contribution in [0.3, 0.4) is 0 Å². The topological polar surface area (TPSA) is 62.2 Å². The van der Waals surface area contributed by atoms with Crippen LogP contribution in [0.15, 0.2) is 30.5 Å². The molecule has 1 aromatic carbocycles. The Bertz CT molecular complexity index is 571. The lowest BCUT2D eigenvalue weighted by atomic mass is 10.0. The van der Waals surface area contributed by atoms with E-state index in [1.165, 1.54) is 0 Å². The number of likely N-dealkylation sites (N-methyl/N-ethyl adjacent to an activating group) is 1. The Morgan fingerprint density at radius 2 is 2.24 bits per heavy atom. The fourth-order valence-electron chi connectivity index (χ4n) is 1.80. The van der Waals surface area contributed by atoms with Crippen molar-refractivity contribution >= 4 is 28.5 Å². The van der Waals surface area contributed by atoms with Gasteiger partial charge in [0, 0.05) is 22.2 Å². The molecule has 17 heavy (non-hydrogen) atoms. The fraction of sp³-hybridized carbons (Fsp3) is 0.167. The zero-order valence-corrected chi connectivity index (χ0v) is 9.90. The first kappa shape index (κ1) is 11.8. The summed E-state index contributed by atoms with van der Waals surface area (Å²) >= 11 is 6.05. The fourth-order valence-corrected chi connectivity index (χ4v) is 2.02. The van der Waals surface area contributed by atoms with Crippen LogP contribution < -0.4 is 5.32 Å². The van der Waals surface area contributed by atoms with E-state index < -0.39 is 12.0 Å². The van der Waals surface area contributed by atoms with Crippen LogP contribution in [-0.2, 0) is 4.79 Å². The third-order valence-corrected chi connectivity index (χ3v) is 2.92. The summed E-state index contributed by atoms with van der Waals surface area (Å²) in [6.45, 7) is 0. The molecule has 5 heteroatoms. The van der Waals surface area contributed by atoms with Crippen molar-refractivity contribution in [3.63, 3.8) is 0 Å². The number of nitrogens with zero attached hydrogens (tertiary/aromatic N) is 1. The minimum atomic E-state index is -0.943. The number of rotatable bonds is 3. The van der Waals surface area contributed by atoms with Gasteiger partial charge in [-0.2, -0.15) is 0 Å². The predicted molar refractivity (Wildman–Crippen MR) is 66.2 cm³/mol. The molecule has 0 saturated heterocycles. The van der Waals surface area contributed by atoms with Gasteiger partial charge in [0.05, 0.1) is 5.52 Å². The summed E-state index contributed by atoms with van der Waals surface area (Å²) in [5.74, 6) is -0.943. The second-order valence-electron chi connectivity index (χ2n) is 3.60. The van der Waals surface area contributed by atoms with Crippen molar-refractivity contribution in [1.82, 2.24) is 10.3 Å². The van der Waals surface area contributed by atoms with Crippen LogP contribution >= 0.6 is 11.6 Å². The van der Waals surface area contributed by atoms with E-state index >= 15 is 0 Å². The molecule has 4 nitrogen and oxygen atoms in total. The third kappa shape index (κ3) is 2.09. The van der Waals surface area contributed by atoms with Gasteiger partial charge in [0.15, 0.2) is 0 Å². The van der Waals surface area contributed by atoms with Crippen molar-refractivity contribution in [2.24, 2.45) is 0 Å². The van der Waals surface area contributed by atoms with E-state index in [0.717, 1.165) is 5.39 Å². The Kier molecular flexibility index (Phi) is 3.26. The Morgan fingerprint density at radius 3 is 2.88 bits per heavy atom. The van der Waals surface area contributed by atoms with Gasteiger partial charge in [-0.15, -0.1) is 0 Å². The van der Waals surface area contributed by atoms with Gasteiger partial charge in [-0.1, -0.05) is 17.7 Å². The van der Waals surface area contributed by atoms with E-state index in [1.807, 2.05) is 6.07 Å². The average Bonchev–Trinajstić information content (AvgIpc) is 2.33. The smallest absolute Gasteiger partial charge is 0.325 e. The summed E-state index contributed by atoms with van der Waals surface area (Å²) in [4.78, 5) is 15.3. The van der Waals surface area contributed by atoms with Crippen LogP contribution in [0, 0.1) is 0 Å². The molecule has 0 aliphatic rings. The molecule has 1 aromatic heterocycles. The van der Waals surface area contributed by atoms with Crippen LogP contribution in [0.4, 0.5) is 0 Å². The number of hydrogen-bond acceptors (Lipinski definition) is 3. The lowest BCUT2D eigenvalue weighted by Crippen LogP contribution is -2.25. The molecular formula is C12H11ClN2O2. The number of carboxylic acids is 1. The van der Waals surface area contributed by atoms with Gasteiger partial charge in [-0.3, -0.25) is 9.78 Å². The van der Waals surface area contributed by atoms with E-state index in [4.69, 9.17) is 16.7 Å². The van der Waals surface area contributed by atoms with Crippen molar-refractivity contribution in [2.45, 2.75) is 6.04 Å². The summed E-state index contributed by atoms with van der Waals surface area (Å²) in [6.07, 6.45) is 1.62. The maximum atomic E-state index is 11.1. The summed E-state index contributed by atoms with van der Waals surface area (Å²) in [6, 6.07) is 6.18. The number of carbonyl (C=O) groups is 1. The number of nitrogens with one attached hydrogen (secondary N) is 1. The average molecular weight is 251 g/mol. The second-order valence-corrected chi connectivity index (χ2v) is 4.00. The SMILES string of the molecule is CNC(C(=O)O)c1ccc(Cl)c2cccnc12. The zero-order chi connectivity index (χ0) is 12.4. The van der Waals surface area contributed by atoms with Gasteiger partial charge in [-0.05, 0) is 25.2 Å². The molecular weight excluding hydrogens is 240 g/mol. The molecule has 0 bridgehead atoms. The van der Waals surface area contributed by atoms with E-state index in [0.29, 0.717) is 16.1 Å². The molecule has 2 N–H and O–H groups in total. The van der Waals surface area contributed by atoms with E-state index in [1.54, 1.807) is 31.4 Å². The van der Waals surface area contributed by atoms with Crippen molar-refractivity contribution in [1.29, 1.82) is 0 Å². The number of carboxylic acid groups (broad SMARTS) is 1. The van der Waals surface area contributed by atoms with Crippen LogP contribution in [0.25, 0.3) is 10.9 Å². The zero-order valence-electron chi connectivity index (χ0n) is 9.14. The number of aliphatic carboxylic acids is 1. The highest BCUT2D eigenvalue weighted by Crippen LogP contribution is 2.28. The van der Waals surface area contributed by atoms with Crippen molar-refractivity contribution in [2.75, 3.05) is 7.05 Å². The molecule has 0 saturated carbocycles. The maximum Gasteiger partial charge on any atom is 0.325 e. The highest BCUT2D eigenvalue weighted by molar-refractivity contribution is 6.35. The molecule has 2 aromatic rings. The molecule has 1 atom stereocenters. The standard InChI is InChI=1S/C12H11ClN2O2/c1-14-11(12(16)17)8-4-5-9(13)7-3-2-6-15-10(7)8/h2-6,11,14H,1H3,(H,16,17). The van der Waals surface area contributed by atoms with E-state index in [-0.39, 0.29) is 0 Å². The molecule has 0 aliphatic heterocycles. The monoisotopic (exact) mass is 250 g/mol. The van der Waals surface area contributed by atoms with Gasteiger partial charge in [0.2, 0.25) is 0 Å². The van der Waals surface area contributed by atoms with Crippen LogP contribution in [0.1, 0.15) is 11.6 Å². The van der Waals surface area contributed by atoms with Gasteiger partial charge in [0.25, 0.3) is 0 Å².